The molecule has 0 radical (unpaired) electrons. The Bertz CT molecular complexity index is 550. The number of amides is 2. The highest BCUT2D eigenvalue weighted by Gasteiger charge is 2.45. The van der Waals surface area contributed by atoms with Crippen molar-refractivity contribution in [3.05, 3.63) is 24.3 Å². The fraction of sp³-hybridized carbons (Fsp3) is 0.588. The molecule has 3 rings (SSSR count). The number of methoxy groups -OCH3 is 1. The predicted molar refractivity (Wildman–Crippen MR) is 87.5 cm³/mol. The number of nitrogens with zero attached hydrogens (tertiary/aromatic N) is 2. The Morgan fingerprint density at radius 1 is 1.18 bits per heavy atom. The Balaban J connectivity index is 1.65. The van der Waals surface area contributed by atoms with Crippen molar-refractivity contribution in [3.8, 4) is 5.75 Å². The molecule has 1 N–H and O–H groups in total. The lowest BCUT2D eigenvalue weighted by Crippen LogP contribution is -2.55. The molecule has 2 heterocycles. The number of fused-ring (bicyclic) bond motifs is 2. The molecular formula is C17H25N3O2. The quantitative estimate of drug-likeness (QED) is 0.913. The maximum absolute atomic E-state index is 12.4. The summed E-state index contributed by atoms with van der Waals surface area (Å²) in [6.07, 6.45) is 1.06. The van der Waals surface area contributed by atoms with E-state index in [0.717, 1.165) is 25.3 Å². The van der Waals surface area contributed by atoms with Crippen LogP contribution in [0, 0.1) is 0 Å². The standard InChI is InChI=1S/C17H25N3O2/c1-17(2,3)18-16(21)20-11-13-9-14(20)10-19(13)12-5-7-15(22-4)8-6-12/h5-8,13-14H,9-11H2,1-4H3,(H,18,21)/t13-,14-/m1/s1. The van der Waals surface area contributed by atoms with Crippen LogP contribution >= 0.6 is 0 Å². The highest BCUT2D eigenvalue weighted by atomic mass is 16.5. The number of piperazine rings is 1. The van der Waals surface area contributed by atoms with Gasteiger partial charge in [-0.3, -0.25) is 0 Å². The van der Waals surface area contributed by atoms with Gasteiger partial charge in [0.15, 0.2) is 0 Å². The molecule has 0 aromatic heterocycles. The molecule has 0 aliphatic carbocycles. The van der Waals surface area contributed by atoms with Gasteiger partial charge in [0.25, 0.3) is 0 Å². The summed E-state index contributed by atoms with van der Waals surface area (Å²) < 4.78 is 5.21. The Kier molecular flexibility index (Phi) is 3.67. The van der Waals surface area contributed by atoms with E-state index >= 15 is 0 Å². The van der Waals surface area contributed by atoms with Crippen molar-refractivity contribution < 1.29 is 9.53 Å². The molecule has 2 fully saturated rings. The molecule has 2 aliphatic rings. The van der Waals surface area contributed by atoms with Gasteiger partial charge in [-0.05, 0) is 51.5 Å². The zero-order valence-corrected chi connectivity index (χ0v) is 13.8. The minimum atomic E-state index is -0.186. The van der Waals surface area contributed by atoms with Gasteiger partial charge in [0, 0.05) is 30.4 Å². The third-order valence-corrected chi connectivity index (χ3v) is 4.39. The number of rotatable bonds is 2. The maximum atomic E-state index is 12.4. The van der Waals surface area contributed by atoms with Crippen LogP contribution in [0.25, 0.3) is 0 Å². The third-order valence-electron chi connectivity index (χ3n) is 4.39. The SMILES string of the molecule is COc1ccc(N2C[C@H]3C[C@@H]2CN3C(=O)NC(C)(C)C)cc1. The number of hydrogen-bond acceptors (Lipinski definition) is 3. The van der Waals surface area contributed by atoms with Gasteiger partial charge in [-0.1, -0.05) is 0 Å². The summed E-state index contributed by atoms with van der Waals surface area (Å²) in [6.45, 7) is 7.77. The molecule has 2 aliphatic heterocycles. The normalized spacial score (nSPS) is 23.8. The van der Waals surface area contributed by atoms with E-state index in [2.05, 4.69) is 22.3 Å². The van der Waals surface area contributed by atoms with Crippen LogP contribution in [0.15, 0.2) is 24.3 Å². The van der Waals surface area contributed by atoms with E-state index in [1.807, 2.05) is 37.8 Å². The molecule has 0 spiro atoms. The van der Waals surface area contributed by atoms with Gasteiger partial charge >= 0.3 is 6.03 Å². The molecule has 120 valence electrons. The predicted octanol–water partition coefficient (Wildman–Crippen LogP) is 2.47. The Labute approximate surface area is 132 Å². The fourth-order valence-corrected chi connectivity index (χ4v) is 3.40. The number of urea groups is 1. The van der Waals surface area contributed by atoms with Crippen LogP contribution in [0.5, 0.6) is 5.75 Å². The monoisotopic (exact) mass is 303 g/mol. The number of hydrogen-bond donors (Lipinski definition) is 1. The van der Waals surface area contributed by atoms with Gasteiger partial charge in [0.05, 0.1) is 13.2 Å². The first-order valence-electron chi connectivity index (χ1n) is 7.87. The molecule has 1 aromatic carbocycles. The molecule has 2 bridgehead atoms. The van der Waals surface area contributed by atoms with Crippen molar-refractivity contribution in [2.24, 2.45) is 0 Å². The van der Waals surface area contributed by atoms with Gasteiger partial charge in [-0.25, -0.2) is 4.79 Å². The van der Waals surface area contributed by atoms with Crippen LogP contribution in [-0.2, 0) is 0 Å². The van der Waals surface area contributed by atoms with Crippen LogP contribution in [0.1, 0.15) is 27.2 Å². The lowest BCUT2D eigenvalue weighted by Gasteiger charge is -2.37. The second kappa shape index (κ2) is 5.38. The van der Waals surface area contributed by atoms with E-state index in [-0.39, 0.29) is 11.6 Å². The molecule has 2 atom stereocenters. The van der Waals surface area contributed by atoms with E-state index in [1.165, 1.54) is 5.69 Å². The summed E-state index contributed by atoms with van der Waals surface area (Å²) in [4.78, 5) is 16.8. The molecule has 0 unspecified atom stereocenters. The summed E-state index contributed by atoms with van der Waals surface area (Å²) in [5.41, 5.74) is 1.03. The summed E-state index contributed by atoms with van der Waals surface area (Å²) in [5, 5.41) is 3.07. The van der Waals surface area contributed by atoms with Crippen molar-refractivity contribution in [2.45, 2.75) is 44.8 Å². The fourth-order valence-electron chi connectivity index (χ4n) is 3.40. The van der Waals surface area contributed by atoms with Crippen LogP contribution in [-0.4, -0.2) is 48.8 Å². The Morgan fingerprint density at radius 3 is 2.36 bits per heavy atom. The van der Waals surface area contributed by atoms with Crippen molar-refractivity contribution in [3.63, 3.8) is 0 Å². The van der Waals surface area contributed by atoms with Gasteiger partial charge in [-0.2, -0.15) is 0 Å². The summed E-state index contributed by atoms with van der Waals surface area (Å²) >= 11 is 0. The largest absolute Gasteiger partial charge is 0.497 e. The summed E-state index contributed by atoms with van der Waals surface area (Å²) in [6, 6.07) is 8.97. The van der Waals surface area contributed by atoms with E-state index in [0.29, 0.717) is 12.1 Å². The number of anilines is 1. The lowest BCUT2D eigenvalue weighted by atomic mass is 10.1. The van der Waals surface area contributed by atoms with Gasteiger partial charge in [0.2, 0.25) is 0 Å². The van der Waals surface area contributed by atoms with Crippen molar-refractivity contribution in [2.75, 3.05) is 25.1 Å². The zero-order valence-electron chi connectivity index (χ0n) is 13.8. The smallest absolute Gasteiger partial charge is 0.318 e. The third kappa shape index (κ3) is 2.85. The number of nitrogens with one attached hydrogen (secondary N) is 1. The van der Waals surface area contributed by atoms with Gasteiger partial charge < -0.3 is 19.9 Å². The lowest BCUT2D eigenvalue weighted by molar-refractivity contribution is 0.180. The zero-order chi connectivity index (χ0) is 15.9. The van der Waals surface area contributed by atoms with E-state index in [9.17, 15) is 4.79 Å². The number of likely N-dealkylation sites (tertiary alicyclic amines) is 1. The van der Waals surface area contributed by atoms with Gasteiger partial charge in [0.1, 0.15) is 5.75 Å². The first-order chi connectivity index (χ1) is 10.4. The average Bonchev–Trinajstić information content (AvgIpc) is 3.05. The summed E-state index contributed by atoms with van der Waals surface area (Å²) in [5.74, 6) is 0.874. The molecule has 22 heavy (non-hydrogen) atoms. The van der Waals surface area contributed by atoms with Crippen LogP contribution in [0.4, 0.5) is 10.5 Å². The van der Waals surface area contributed by atoms with Crippen molar-refractivity contribution in [1.82, 2.24) is 10.2 Å². The topological polar surface area (TPSA) is 44.8 Å². The molecule has 2 amide bonds. The molecule has 0 saturated carbocycles. The molecule has 2 saturated heterocycles. The average molecular weight is 303 g/mol. The van der Waals surface area contributed by atoms with Crippen LogP contribution in [0.2, 0.25) is 0 Å². The second-order valence-electron chi connectivity index (χ2n) is 7.23. The van der Waals surface area contributed by atoms with Crippen LogP contribution < -0.4 is 15.0 Å². The van der Waals surface area contributed by atoms with Crippen LogP contribution in [0.3, 0.4) is 0 Å². The number of benzene rings is 1. The Hall–Kier alpha value is -1.91. The molecule has 5 nitrogen and oxygen atoms in total. The first-order valence-corrected chi connectivity index (χ1v) is 7.87. The Morgan fingerprint density at radius 2 is 1.86 bits per heavy atom. The van der Waals surface area contributed by atoms with Crippen molar-refractivity contribution in [1.29, 1.82) is 0 Å². The second-order valence-corrected chi connectivity index (χ2v) is 7.23. The minimum absolute atomic E-state index is 0.0642. The number of carbonyl (C=O) groups excluding carboxylic acids is 1. The highest BCUT2D eigenvalue weighted by molar-refractivity contribution is 5.76. The summed E-state index contributed by atoms with van der Waals surface area (Å²) in [7, 11) is 1.68. The molecule has 1 aromatic rings. The van der Waals surface area contributed by atoms with E-state index in [4.69, 9.17) is 4.74 Å². The number of ether oxygens (including phenoxy) is 1. The van der Waals surface area contributed by atoms with E-state index < -0.39 is 0 Å². The van der Waals surface area contributed by atoms with E-state index in [1.54, 1.807) is 7.11 Å². The number of carbonyl (C=O) groups is 1. The maximum Gasteiger partial charge on any atom is 0.318 e. The first kappa shape index (κ1) is 15.0. The molecular weight excluding hydrogens is 278 g/mol. The van der Waals surface area contributed by atoms with Gasteiger partial charge in [-0.15, -0.1) is 0 Å². The van der Waals surface area contributed by atoms with Crippen molar-refractivity contribution >= 4 is 11.7 Å². The minimum Gasteiger partial charge on any atom is -0.497 e. The molecule has 5 heteroatoms. The highest BCUT2D eigenvalue weighted by Crippen LogP contribution is 2.35.